The van der Waals surface area contributed by atoms with E-state index in [1.165, 1.54) is 61.2 Å². The van der Waals surface area contributed by atoms with Crippen LogP contribution < -0.4 is 3.78 Å². The van der Waals surface area contributed by atoms with Crippen LogP contribution in [0.5, 0.6) is 0 Å². The van der Waals surface area contributed by atoms with Crippen molar-refractivity contribution >= 4 is 22.2 Å². The van der Waals surface area contributed by atoms with Gasteiger partial charge in [-0.05, 0) is 0 Å². The van der Waals surface area contributed by atoms with Crippen LogP contribution >= 0.6 is 0 Å². The van der Waals surface area contributed by atoms with E-state index in [0.29, 0.717) is 6.61 Å². The predicted octanol–water partition coefficient (Wildman–Crippen LogP) is 5.79. The Labute approximate surface area is 141 Å². The fourth-order valence-electron chi connectivity index (χ4n) is 3.37. The van der Waals surface area contributed by atoms with Crippen LogP contribution in [0, 0.1) is 6.92 Å². The number of rotatable bonds is 12. The molecule has 0 unspecified atom stereocenters. The van der Waals surface area contributed by atoms with Gasteiger partial charge in [0, 0.05) is 0 Å². The zero-order valence-corrected chi connectivity index (χ0v) is 18.3. The number of ether oxygens (including phenoxy) is 1. The molecule has 0 fully saturated rings. The van der Waals surface area contributed by atoms with Crippen molar-refractivity contribution < 1.29 is 9.15 Å². The molecule has 0 radical (unpaired) electrons. The summed E-state index contributed by atoms with van der Waals surface area (Å²) in [5.41, 5.74) is 1.27. The van der Waals surface area contributed by atoms with Crippen LogP contribution in [0.3, 0.4) is 0 Å². The molecule has 1 heterocycles. The molecule has 1 aromatic heterocycles. The average Bonchev–Trinajstić information content (AvgIpc) is 2.89. The maximum atomic E-state index is 6.34. The van der Waals surface area contributed by atoms with E-state index in [1.54, 1.807) is 7.11 Å². The Morgan fingerprint density at radius 2 is 1.45 bits per heavy atom. The predicted molar refractivity (Wildman–Crippen MR) is 98.7 cm³/mol. The van der Waals surface area contributed by atoms with E-state index >= 15 is 0 Å². The van der Waals surface area contributed by atoms with E-state index < -0.39 is 18.4 Å². The zero-order valence-electron chi connectivity index (χ0n) is 15.5. The first-order valence-corrected chi connectivity index (χ1v) is 16.7. The Bertz CT molecular complexity index is 390. The Kier molecular flexibility index (Phi) is 9.81. The zero-order chi connectivity index (χ0) is 16.4. The molecule has 3 heteroatoms. The van der Waals surface area contributed by atoms with Gasteiger partial charge >= 0.3 is 142 Å². The summed E-state index contributed by atoms with van der Waals surface area (Å²) in [5, 5.41) is 0. The van der Waals surface area contributed by atoms with Gasteiger partial charge in [0.05, 0.1) is 0 Å². The third kappa shape index (κ3) is 5.59. The van der Waals surface area contributed by atoms with Crippen molar-refractivity contribution in [3.05, 3.63) is 17.4 Å². The summed E-state index contributed by atoms with van der Waals surface area (Å²) in [4.78, 5) is 0. The fraction of sp³-hybridized carbons (Fsp3) is 0.789. The molecule has 0 saturated carbocycles. The topological polar surface area (TPSA) is 22.4 Å². The molecule has 0 amide bonds. The first kappa shape index (κ1) is 20.1. The van der Waals surface area contributed by atoms with Gasteiger partial charge in [0.2, 0.25) is 0 Å². The van der Waals surface area contributed by atoms with Gasteiger partial charge in [0.25, 0.3) is 0 Å². The quantitative estimate of drug-likeness (QED) is 0.403. The summed E-state index contributed by atoms with van der Waals surface area (Å²) in [5.74, 6) is 1.09. The number of furan rings is 1. The molecule has 0 atom stereocenters. The molecule has 0 saturated heterocycles. The van der Waals surface area contributed by atoms with Crippen molar-refractivity contribution in [3.8, 4) is 0 Å². The number of hydrogen-bond donors (Lipinski definition) is 0. The minimum atomic E-state index is -2.38. The number of hydrogen-bond acceptors (Lipinski definition) is 2. The first-order valence-electron chi connectivity index (χ1n) is 9.22. The van der Waals surface area contributed by atoms with Gasteiger partial charge in [-0.15, -0.1) is 0 Å². The van der Waals surface area contributed by atoms with Crippen molar-refractivity contribution in [1.29, 1.82) is 0 Å². The Morgan fingerprint density at radius 1 is 0.955 bits per heavy atom. The van der Waals surface area contributed by atoms with Crippen LogP contribution in [0.2, 0.25) is 13.3 Å². The molecule has 0 aromatic carbocycles. The van der Waals surface area contributed by atoms with Crippen LogP contribution in [0.15, 0.2) is 10.5 Å². The van der Waals surface area contributed by atoms with E-state index in [2.05, 4.69) is 33.8 Å². The molecule has 0 aliphatic heterocycles. The molecule has 0 N–H and O–H groups in total. The Hall–Kier alpha value is 0.0387. The second-order valence-electron chi connectivity index (χ2n) is 6.72. The average molecular weight is 415 g/mol. The summed E-state index contributed by atoms with van der Waals surface area (Å²) in [6.07, 6.45) is 8.05. The molecule has 2 nitrogen and oxygen atoms in total. The van der Waals surface area contributed by atoms with Gasteiger partial charge in [-0.1, -0.05) is 0 Å². The standard InChI is InChI=1S/C7H9O2.3C4H9.Sn/c1-6-7(5-8-2)3-4-9-6;3*1-3-4-2;/h3H,5H2,1-2H3;3*1,3-4H2,2H3;. The summed E-state index contributed by atoms with van der Waals surface area (Å²) in [6.45, 7) is 9.75. The maximum absolute atomic E-state index is 6.34. The van der Waals surface area contributed by atoms with Gasteiger partial charge in [-0.2, -0.15) is 0 Å². The molecular weight excluding hydrogens is 379 g/mol. The van der Waals surface area contributed by atoms with Crippen LogP contribution in [0.4, 0.5) is 0 Å². The van der Waals surface area contributed by atoms with Gasteiger partial charge in [-0.3, -0.25) is 0 Å². The third-order valence-corrected chi connectivity index (χ3v) is 19.8. The SMILES string of the molecule is CCC[CH2][Sn]([CH2]CCC)([CH2]CCC)[c]1cc(COC)c(C)o1. The van der Waals surface area contributed by atoms with Crippen molar-refractivity contribution in [2.45, 2.75) is 86.1 Å². The molecule has 0 aliphatic rings. The Balaban J connectivity index is 3.10. The number of methoxy groups -OCH3 is 1. The van der Waals surface area contributed by atoms with Gasteiger partial charge in [-0.25, -0.2) is 0 Å². The van der Waals surface area contributed by atoms with E-state index in [4.69, 9.17) is 9.15 Å². The summed E-state index contributed by atoms with van der Waals surface area (Å²) in [6, 6.07) is 2.37. The van der Waals surface area contributed by atoms with Gasteiger partial charge < -0.3 is 0 Å². The second kappa shape index (κ2) is 10.7. The van der Waals surface area contributed by atoms with Crippen molar-refractivity contribution in [3.63, 3.8) is 0 Å². The van der Waals surface area contributed by atoms with Gasteiger partial charge in [0.1, 0.15) is 0 Å². The van der Waals surface area contributed by atoms with Crippen LogP contribution in [0.1, 0.15) is 70.6 Å². The van der Waals surface area contributed by atoms with Crippen molar-refractivity contribution in [1.82, 2.24) is 0 Å². The number of aryl methyl sites for hydroxylation is 1. The fourth-order valence-corrected chi connectivity index (χ4v) is 18.9. The van der Waals surface area contributed by atoms with E-state index in [-0.39, 0.29) is 0 Å². The number of unbranched alkanes of at least 4 members (excludes halogenated alkanes) is 3. The molecule has 22 heavy (non-hydrogen) atoms. The second-order valence-corrected chi connectivity index (χ2v) is 19.7. The molecule has 0 aliphatic carbocycles. The van der Waals surface area contributed by atoms with E-state index in [9.17, 15) is 0 Å². The normalized spacial score (nSPS) is 12.0. The molecule has 1 aromatic rings. The van der Waals surface area contributed by atoms with Crippen LogP contribution in [-0.4, -0.2) is 25.5 Å². The van der Waals surface area contributed by atoms with E-state index in [1.807, 2.05) is 0 Å². The molecular formula is C19H36O2Sn. The minimum absolute atomic E-state index is 0.687. The third-order valence-electron chi connectivity index (χ3n) is 4.87. The molecule has 0 bridgehead atoms. The van der Waals surface area contributed by atoms with Gasteiger partial charge in [0.15, 0.2) is 0 Å². The summed E-state index contributed by atoms with van der Waals surface area (Å²) in [7, 11) is 1.77. The van der Waals surface area contributed by atoms with Crippen LogP contribution in [0.25, 0.3) is 0 Å². The summed E-state index contributed by atoms with van der Waals surface area (Å²) < 4.78 is 17.5. The molecule has 0 spiro atoms. The summed E-state index contributed by atoms with van der Waals surface area (Å²) >= 11 is -2.38. The monoisotopic (exact) mass is 416 g/mol. The molecule has 1 rings (SSSR count). The Morgan fingerprint density at radius 3 is 1.86 bits per heavy atom. The van der Waals surface area contributed by atoms with E-state index in [0.717, 1.165) is 5.76 Å². The van der Waals surface area contributed by atoms with Crippen LogP contribution in [-0.2, 0) is 11.3 Å². The van der Waals surface area contributed by atoms with Crippen molar-refractivity contribution in [2.24, 2.45) is 0 Å². The first-order chi connectivity index (χ1) is 10.6. The molecule has 128 valence electrons. The van der Waals surface area contributed by atoms with Crippen molar-refractivity contribution in [2.75, 3.05) is 7.11 Å².